The van der Waals surface area contributed by atoms with Crippen LogP contribution in [0.25, 0.3) is 0 Å². The van der Waals surface area contributed by atoms with Gasteiger partial charge >= 0.3 is 139 Å². The molecule has 1 aromatic rings. The van der Waals surface area contributed by atoms with Gasteiger partial charge in [-0.2, -0.15) is 0 Å². The van der Waals surface area contributed by atoms with Crippen LogP contribution >= 0.6 is 0 Å². The number of likely N-dealkylation sites (tertiary alicyclic amines) is 1. The number of nitrogens with zero attached hydrogens (tertiary/aromatic N) is 3. The fraction of sp³-hybridized carbons (Fsp3) is 0.500. The Labute approximate surface area is 171 Å². The number of hydrogen-bond acceptors (Lipinski definition) is 7. The maximum atomic E-state index is 12.5. The van der Waals surface area contributed by atoms with Gasteiger partial charge < -0.3 is 4.74 Å². The molecule has 0 bridgehead atoms. The molecule has 1 aliphatic heterocycles. The molecule has 0 N–H and O–H groups in total. The number of hydrogen-bond donors (Lipinski definition) is 0. The number of aromatic nitrogens is 1. The zero-order valence-electron chi connectivity index (χ0n) is 17.0. The van der Waals surface area contributed by atoms with Gasteiger partial charge in [0.25, 0.3) is 0 Å². The minimum absolute atomic E-state index is 0.0205. The van der Waals surface area contributed by atoms with E-state index in [0.29, 0.717) is 32.6 Å². The molecule has 0 aromatic carbocycles. The number of pyridine rings is 1. The first-order valence-electron chi connectivity index (χ1n) is 9.59. The molecule has 154 valence electrons. The van der Waals surface area contributed by atoms with Crippen molar-refractivity contribution in [3.05, 3.63) is 36.0 Å². The van der Waals surface area contributed by atoms with Gasteiger partial charge in [-0.25, -0.2) is 0 Å². The summed E-state index contributed by atoms with van der Waals surface area (Å²) in [6, 6.07) is 3.11. The number of allylic oxidation sites excluding steroid dienone is 1. The molecule has 8 nitrogen and oxygen atoms in total. The van der Waals surface area contributed by atoms with Crippen LogP contribution < -0.4 is 4.74 Å². The molecule has 1 aromatic heterocycles. The van der Waals surface area contributed by atoms with E-state index in [9.17, 15) is 14.3 Å². The number of rotatable bonds is 10. The van der Waals surface area contributed by atoms with Crippen molar-refractivity contribution in [1.29, 1.82) is 0 Å². The van der Waals surface area contributed by atoms with Crippen molar-refractivity contribution >= 4 is 25.1 Å². The van der Waals surface area contributed by atoms with Gasteiger partial charge in [0.15, 0.2) is 0 Å². The Bertz CT molecular complexity index is 766. The number of carbonyl (C=O) groups is 2. The van der Waals surface area contributed by atoms with Crippen LogP contribution in [-0.4, -0.2) is 67.4 Å². The minimum atomic E-state index is -0.510. The Balaban J connectivity index is 2.09. The van der Waals surface area contributed by atoms with Crippen molar-refractivity contribution in [2.45, 2.75) is 44.7 Å². The van der Waals surface area contributed by atoms with Crippen molar-refractivity contribution in [3.63, 3.8) is 0 Å². The molecule has 3 atom stereocenters. The van der Waals surface area contributed by atoms with Crippen LogP contribution in [0.1, 0.15) is 38.2 Å². The van der Waals surface area contributed by atoms with Gasteiger partial charge in [0.05, 0.1) is 13.7 Å². The monoisotopic (exact) mass is 399 g/mol. The van der Waals surface area contributed by atoms with E-state index in [-0.39, 0.29) is 30.3 Å². The molecule has 1 amide bonds. The molecular weight excluding hydrogens is 373 g/mol. The third kappa shape index (κ3) is 6.34. The van der Waals surface area contributed by atoms with Gasteiger partial charge in [-0.15, -0.1) is 0 Å². The number of methoxy groups -OCH3 is 1. The number of esters is 1. The van der Waals surface area contributed by atoms with Gasteiger partial charge in [0.1, 0.15) is 0 Å². The zero-order chi connectivity index (χ0) is 21.2. The standard InChI is InChI=1S/C20H26BN3O5/c1-4-29-19(25)11-15(16-7-8-18(28-3)22-12-16)6-5-9-24-14(2)10-17(20(24)26)23-13-21-27/h5-8,12-15,17H,4,9-11H2,1-3H3/b6-5+,23-13?/t14-,15+,17+/m1/s1. The van der Waals surface area contributed by atoms with Crippen LogP contribution in [-0.2, 0) is 19.0 Å². The molecule has 0 saturated carbocycles. The van der Waals surface area contributed by atoms with Crippen LogP contribution in [0.15, 0.2) is 35.5 Å². The molecule has 0 aliphatic carbocycles. The molecule has 1 fully saturated rings. The first-order chi connectivity index (χ1) is 14.0. The van der Waals surface area contributed by atoms with Crippen LogP contribution in [0.2, 0.25) is 0 Å². The van der Waals surface area contributed by atoms with Crippen LogP contribution in [0.3, 0.4) is 0 Å². The Hall–Kier alpha value is -2.84. The second-order valence-corrected chi connectivity index (χ2v) is 6.70. The van der Waals surface area contributed by atoms with Gasteiger partial charge in [-0.3, -0.25) is 0 Å². The molecule has 29 heavy (non-hydrogen) atoms. The van der Waals surface area contributed by atoms with Crippen LogP contribution in [0.5, 0.6) is 5.88 Å². The summed E-state index contributed by atoms with van der Waals surface area (Å²) in [6.07, 6.45) is 7.30. The quantitative estimate of drug-likeness (QED) is 0.257. The summed E-state index contributed by atoms with van der Waals surface area (Å²) in [5.74, 6) is -0.143. The first-order valence-corrected chi connectivity index (χ1v) is 9.59. The molecule has 0 radical (unpaired) electrons. The number of amides is 1. The maximum absolute atomic E-state index is 12.5. The van der Waals surface area contributed by atoms with Crippen molar-refractivity contribution < 1.29 is 23.8 Å². The van der Waals surface area contributed by atoms with Gasteiger partial charge in [0.2, 0.25) is 5.88 Å². The second-order valence-electron chi connectivity index (χ2n) is 6.70. The fourth-order valence-corrected chi connectivity index (χ4v) is 3.26. The summed E-state index contributed by atoms with van der Waals surface area (Å²) in [4.78, 5) is 34.4. The van der Waals surface area contributed by atoms with Gasteiger partial charge in [-0.05, 0) is 6.92 Å². The van der Waals surface area contributed by atoms with Crippen molar-refractivity contribution in [1.82, 2.24) is 9.88 Å². The number of carbonyl (C=O) groups excluding carboxylic acids is 2. The molecule has 0 unspecified atom stereocenters. The van der Waals surface area contributed by atoms with Crippen molar-refractivity contribution in [2.75, 3.05) is 20.3 Å². The van der Waals surface area contributed by atoms with Crippen LogP contribution in [0.4, 0.5) is 0 Å². The van der Waals surface area contributed by atoms with E-state index in [1.54, 1.807) is 31.2 Å². The predicted octanol–water partition coefficient (Wildman–Crippen LogP) is 1.75. The molecule has 1 aliphatic rings. The van der Waals surface area contributed by atoms with E-state index >= 15 is 0 Å². The molecule has 0 spiro atoms. The average Bonchev–Trinajstić information content (AvgIpc) is 2.99. The SMILES string of the molecule is CCOC(=O)C[C@H](/C=C/CN1C(=O)[C@@H](N=CB=O)C[C@H]1C)c1ccc(OC)nc1. The van der Waals surface area contributed by atoms with Gasteiger partial charge in [-0.1, -0.05) is 0 Å². The number of ether oxygens (including phenoxy) is 2. The van der Waals surface area contributed by atoms with E-state index in [4.69, 9.17) is 9.47 Å². The van der Waals surface area contributed by atoms with Crippen molar-refractivity contribution in [2.24, 2.45) is 4.99 Å². The summed E-state index contributed by atoms with van der Waals surface area (Å²) in [6.45, 7) is 4.43. The Morgan fingerprint density at radius 1 is 1.48 bits per heavy atom. The zero-order valence-corrected chi connectivity index (χ0v) is 17.0. The summed E-state index contributed by atoms with van der Waals surface area (Å²) < 4.78 is 20.6. The topological polar surface area (TPSA) is 98.2 Å². The molecule has 1 saturated heterocycles. The Kier molecular flexibility index (Phi) is 8.70. The second kappa shape index (κ2) is 11.2. The molecule has 9 heteroatoms. The van der Waals surface area contributed by atoms with E-state index in [1.807, 2.05) is 25.1 Å². The first kappa shape index (κ1) is 22.5. The summed E-state index contributed by atoms with van der Waals surface area (Å²) in [5, 5.41) is 0. The van der Waals surface area contributed by atoms with E-state index in [2.05, 4.69) is 9.98 Å². The molecular formula is C20H26BN3O5. The van der Waals surface area contributed by atoms with E-state index < -0.39 is 6.04 Å². The average molecular weight is 399 g/mol. The number of aliphatic imine (C=N–C) groups is 1. The summed E-state index contributed by atoms with van der Waals surface area (Å²) >= 11 is 0. The van der Waals surface area contributed by atoms with Crippen LogP contribution in [0, 0.1) is 0 Å². The Morgan fingerprint density at radius 3 is 2.90 bits per heavy atom. The summed E-state index contributed by atoms with van der Waals surface area (Å²) in [7, 11) is 2.11. The fourth-order valence-electron chi connectivity index (χ4n) is 3.26. The normalized spacial score (nSPS) is 20.2. The molecule has 2 rings (SSSR count). The molecule has 2 heterocycles. The Morgan fingerprint density at radius 2 is 2.28 bits per heavy atom. The van der Waals surface area contributed by atoms with E-state index in [1.165, 1.54) is 0 Å². The third-order valence-electron chi connectivity index (χ3n) is 4.75. The summed E-state index contributed by atoms with van der Waals surface area (Å²) in [5.41, 5.74) is 0.851. The van der Waals surface area contributed by atoms with Gasteiger partial charge in [0, 0.05) is 0 Å². The third-order valence-corrected chi connectivity index (χ3v) is 4.75. The van der Waals surface area contributed by atoms with Crippen molar-refractivity contribution in [3.8, 4) is 5.88 Å². The predicted molar refractivity (Wildman–Crippen MR) is 108 cm³/mol. The van der Waals surface area contributed by atoms with E-state index in [0.717, 1.165) is 11.7 Å².